The highest BCUT2D eigenvalue weighted by molar-refractivity contribution is 9.10. The molecule has 0 aromatic heterocycles. The maximum atomic E-state index is 13.4. The second kappa shape index (κ2) is 5.79. The standard InChI is InChI=1S/C13H8BrFN2O3/c14-9-6-5-8(7-10(9)15)13(18)16-11-3-1-2-4-12(11)17(19)20/h1-7H,(H,16,18). The average Bonchev–Trinajstić information content (AvgIpc) is 2.42. The number of anilines is 1. The third-order valence-corrected chi connectivity index (χ3v) is 3.17. The summed E-state index contributed by atoms with van der Waals surface area (Å²) in [5.74, 6) is -1.20. The molecule has 0 aliphatic carbocycles. The van der Waals surface area contributed by atoms with E-state index in [1.807, 2.05) is 0 Å². The van der Waals surface area contributed by atoms with Crippen LogP contribution in [0.1, 0.15) is 10.4 Å². The van der Waals surface area contributed by atoms with Gasteiger partial charge in [-0.25, -0.2) is 4.39 Å². The molecule has 1 N–H and O–H groups in total. The van der Waals surface area contributed by atoms with Gasteiger partial charge in [0, 0.05) is 11.6 Å². The SMILES string of the molecule is O=C(Nc1ccccc1[N+](=O)[O-])c1ccc(Br)c(F)c1. The number of nitrogens with zero attached hydrogens (tertiary/aromatic N) is 1. The number of hydrogen-bond donors (Lipinski definition) is 1. The van der Waals surface area contributed by atoms with Crippen LogP contribution in [0.4, 0.5) is 15.8 Å². The number of hydrogen-bond acceptors (Lipinski definition) is 3. The number of halogens is 2. The number of rotatable bonds is 3. The first kappa shape index (κ1) is 14.1. The molecule has 0 heterocycles. The Hall–Kier alpha value is -2.28. The molecular weight excluding hydrogens is 331 g/mol. The Labute approximate surface area is 121 Å². The Balaban J connectivity index is 2.28. The van der Waals surface area contributed by atoms with Crippen molar-refractivity contribution in [2.24, 2.45) is 0 Å². The lowest BCUT2D eigenvalue weighted by atomic mass is 10.2. The van der Waals surface area contributed by atoms with E-state index in [0.717, 1.165) is 6.07 Å². The van der Waals surface area contributed by atoms with E-state index >= 15 is 0 Å². The van der Waals surface area contributed by atoms with Gasteiger partial charge in [0.15, 0.2) is 0 Å². The van der Waals surface area contributed by atoms with Crippen molar-refractivity contribution in [1.29, 1.82) is 0 Å². The smallest absolute Gasteiger partial charge is 0.292 e. The molecule has 0 radical (unpaired) electrons. The van der Waals surface area contributed by atoms with Crippen molar-refractivity contribution in [3.63, 3.8) is 0 Å². The van der Waals surface area contributed by atoms with E-state index in [4.69, 9.17) is 0 Å². The largest absolute Gasteiger partial charge is 0.316 e. The van der Waals surface area contributed by atoms with Gasteiger partial charge in [0.1, 0.15) is 11.5 Å². The van der Waals surface area contributed by atoms with E-state index in [1.54, 1.807) is 6.07 Å². The number of amides is 1. The van der Waals surface area contributed by atoms with Gasteiger partial charge in [0.05, 0.1) is 9.40 Å². The van der Waals surface area contributed by atoms with Crippen LogP contribution >= 0.6 is 15.9 Å². The third kappa shape index (κ3) is 3.00. The zero-order valence-electron chi connectivity index (χ0n) is 9.97. The monoisotopic (exact) mass is 338 g/mol. The molecule has 2 rings (SSSR count). The molecule has 0 atom stereocenters. The molecule has 0 spiro atoms. The molecule has 0 unspecified atom stereocenters. The first-order chi connectivity index (χ1) is 9.49. The summed E-state index contributed by atoms with van der Waals surface area (Å²) in [6, 6.07) is 9.59. The number of carbonyl (C=O) groups is 1. The molecule has 2 aromatic rings. The van der Waals surface area contributed by atoms with Crippen molar-refractivity contribution in [3.05, 3.63) is 68.4 Å². The van der Waals surface area contributed by atoms with E-state index in [-0.39, 0.29) is 21.4 Å². The predicted octanol–water partition coefficient (Wildman–Crippen LogP) is 3.75. The summed E-state index contributed by atoms with van der Waals surface area (Å²) in [6.07, 6.45) is 0. The number of nitro benzene ring substituents is 1. The van der Waals surface area contributed by atoms with Gasteiger partial charge in [-0.15, -0.1) is 0 Å². The van der Waals surface area contributed by atoms with Crippen molar-refractivity contribution >= 4 is 33.2 Å². The van der Waals surface area contributed by atoms with Crippen molar-refractivity contribution in [1.82, 2.24) is 0 Å². The quantitative estimate of drug-likeness (QED) is 0.684. The van der Waals surface area contributed by atoms with Gasteiger partial charge in [-0.05, 0) is 40.2 Å². The molecule has 20 heavy (non-hydrogen) atoms. The van der Waals surface area contributed by atoms with Crippen LogP contribution in [0, 0.1) is 15.9 Å². The van der Waals surface area contributed by atoms with Crippen LogP contribution in [0.2, 0.25) is 0 Å². The lowest BCUT2D eigenvalue weighted by Gasteiger charge is -2.06. The molecule has 1 amide bonds. The number of carbonyl (C=O) groups excluding carboxylic acids is 1. The van der Waals surface area contributed by atoms with Gasteiger partial charge in [-0.3, -0.25) is 14.9 Å². The first-order valence-electron chi connectivity index (χ1n) is 5.49. The molecule has 0 saturated carbocycles. The van der Waals surface area contributed by atoms with Gasteiger partial charge in [-0.2, -0.15) is 0 Å². The minimum atomic E-state index is -0.620. The Morgan fingerprint density at radius 2 is 1.95 bits per heavy atom. The molecule has 0 aliphatic rings. The van der Waals surface area contributed by atoms with Gasteiger partial charge in [0.25, 0.3) is 11.6 Å². The molecule has 0 aliphatic heterocycles. The predicted molar refractivity (Wildman–Crippen MR) is 75.1 cm³/mol. The fraction of sp³-hybridized carbons (Fsp3) is 0. The molecule has 5 nitrogen and oxygen atoms in total. The summed E-state index contributed by atoms with van der Waals surface area (Å²) in [4.78, 5) is 22.2. The van der Waals surface area contributed by atoms with Gasteiger partial charge in [0.2, 0.25) is 0 Å². The Kier molecular flexibility index (Phi) is 4.09. The minimum absolute atomic E-state index is 0.0610. The molecule has 0 bridgehead atoms. The van der Waals surface area contributed by atoms with Crippen LogP contribution in [-0.4, -0.2) is 10.8 Å². The summed E-state index contributed by atoms with van der Waals surface area (Å²) in [5.41, 5.74) is -0.0897. The van der Waals surface area contributed by atoms with Crippen LogP contribution in [0.15, 0.2) is 46.9 Å². The van der Waals surface area contributed by atoms with Crippen molar-refractivity contribution in [3.8, 4) is 0 Å². The number of nitro groups is 1. The van der Waals surface area contributed by atoms with Crippen molar-refractivity contribution in [2.45, 2.75) is 0 Å². The van der Waals surface area contributed by atoms with E-state index in [0.29, 0.717) is 0 Å². The van der Waals surface area contributed by atoms with Crippen LogP contribution < -0.4 is 5.32 Å². The summed E-state index contributed by atoms with van der Waals surface area (Å²) in [7, 11) is 0. The lowest BCUT2D eigenvalue weighted by molar-refractivity contribution is -0.383. The van der Waals surface area contributed by atoms with Crippen LogP contribution in [0.5, 0.6) is 0 Å². The number of benzene rings is 2. The van der Waals surface area contributed by atoms with E-state index in [1.165, 1.54) is 30.3 Å². The van der Waals surface area contributed by atoms with Crippen LogP contribution in [-0.2, 0) is 0 Å². The third-order valence-electron chi connectivity index (χ3n) is 2.53. The van der Waals surface area contributed by atoms with E-state index in [9.17, 15) is 19.3 Å². The van der Waals surface area contributed by atoms with Crippen molar-refractivity contribution < 1.29 is 14.1 Å². The Morgan fingerprint density at radius 1 is 1.25 bits per heavy atom. The second-order valence-corrected chi connectivity index (χ2v) is 4.71. The molecule has 7 heteroatoms. The summed E-state index contributed by atoms with van der Waals surface area (Å²) in [5, 5.41) is 13.2. The molecule has 0 saturated heterocycles. The highest BCUT2D eigenvalue weighted by atomic mass is 79.9. The van der Waals surface area contributed by atoms with E-state index in [2.05, 4.69) is 21.2 Å². The Morgan fingerprint density at radius 3 is 2.60 bits per heavy atom. The van der Waals surface area contributed by atoms with Crippen molar-refractivity contribution in [2.75, 3.05) is 5.32 Å². The number of nitrogens with one attached hydrogen (secondary N) is 1. The average molecular weight is 339 g/mol. The Bertz CT molecular complexity index is 691. The summed E-state index contributed by atoms with van der Waals surface area (Å²) in [6.45, 7) is 0. The molecule has 2 aromatic carbocycles. The molecule has 0 fully saturated rings. The fourth-order valence-corrected chi connectivity index (χ4v) is 1.82. The minimum Gasteiger partial charge on any atom is -0.316 e. The molecular formula is C13H8BrFN2O3. The van der Waals surface area contributed by atoms with Gasteiger partial charge in [-0.1, -0.05) is 12.1 Å². The van der Waals surface area contributed by atoms with Gasteiger partial charge >= 0.3 is 0 Å². The first-order valence-corrected chi connectivity index (χ1v) is 6.28. The normalized spacial score (nSPS) is 10.1. The zero-order valence-corrected chi connectivity index (χ0v) is 11.6. The second-order valence-electron chi connectivity index (χ2n) is 3.86. The highest BCUT2D eigenvalue weighted by Gasteiger charge is 2.16. The number of para-hydroxylation sites is 2. The van der Waals surface area contributed by atoms with Crippen LogP contribution in [0.3, 0.4) is 0 Å². The topological polar surface area (TPSA) is 72.2 Å². The van der Waals surface area contributed by atoms with E-state index < -0.39 is 16.6 Å². The maximum absolute atomic E-state index is 13.4. The maximum Gasteiger partial charge on any atom is 0.292 e. The fourth-order valence-electron chi connectivity index (χ4n) is 1.57. The molecule has 102 valence electrons. The summed E-state index contributed by atoms with van der Waals surface area (Å²) < 4.78 is 13.6. The van der Waals surface area contributed by atoms with Gasteiger partial charge < -0.3 is 5.32 Å². The lowest BCUT2D eigenvalue weighted by Crippen LogP contribution is -2.13. The van der Waals surface area contributed by atoms with Crippen LogP contribution in [0.25, 0.3) is 0 Å². The highest BCUT2D eigenvalue weighted by Crippen LogP contribution is 2.24. The zero-order chi connectivity index (χ0) is 14.7. The summed E-state index contributed by atoms with van der Waals surface area (Å²) >= 11 is 2.98.